The van der Waals surface area contributed by atoms with Gasteiger partial charge in [0.1, 0.15) is 6.54 Å². The van der Waals surface area contributed by atoms with Crippen molar-refractivity contribution in [2.75, 3.05) is 11.9 Å². The second-order valence-corrected chi connectivity index (χ2v) is 7.81. The molecule has 1 N–H and O–H groups in total. The molecule has 1 unspecified atom stereocenters. The van der Waals surface area contributed by atoms with E-state index in [1.165, 1.54) is 0 Å². The summed E-state index contributed by atoms with van der Waals surface area (Å²) in [5.41, 5.74) is 4.30. The van der Waals surface area contributed by atoms with Crippen LogP contribution in [0.25, 0.3) is 0 Å². The van der Waals surface area contributed by atoms with Crippen molar-refractivity contribution >= 4 is 33.4 Å². The maximum atomic E-state index is 13.4. The average molecular weight is 435 g/mol. The molecule has 0 fully saturated rings. The molecule has 1 aliphatic rings. The third kappa shape index (κ3) is 3.58. The number of nitrogens with zero attached hydrogens (tertiary/aromatic N) is 1. The quantitative estimate of drug-likeness (QED) is 0.620. The molecule has 3 aromatic rings. The summed E-state index contributed by atoms with van der Waals surface area (Å²) in [5.74, 6) is -0.385. The largest absolute Gasteiger partial charge is 0.324 e. The highest BCUT2D eigenvalue weighted by Crippen LogP contribution is 2.36. The van der Waals surface area contributed by atoms with E-state index in [-0.39, 0.29) is 24.4 Å². The van der Waals surface area contributed by atoms with Gasteiger partial charge in [0.25, 0.3) is 5.91 Å². The van der Waals surface area contributed by atoms with Crippen molar-refractivity contribution in [2.45, 2.75) is 13.0 Å². The van der Waals surface area contributed by atoms with Gasteiger partial charge < -0.3 is 10.2 Å². The number of aryl methyl sites for hydroxylation is 1. The lowest BCUT2D eigenvalue weighted by molar-refractivity contribution is -0.117. The molecule has 2 amide bonds. The van der Waals surface area contributed by atoms with E-state index in [1.807, 2.05) is 67.6 Å². The fourth-order valence-electron chi connectivity index (χ4n) is 3.54. The van der Waals surface area contributed by atoms with Gasteiger partial charge in [0.2, 0.25) is 5.91 Å². The number of rotatable bonds is 2. The number of carbonyl (C=O) groups excluding carboxylic acids is 2. The normalized spacial score (nSPS) is 16.1. The van der Waals surface area contributed by atoms with Crippen LogP contribution in [-0.2, 0) is 4.79 Å². The van der Waals surface area contributed by atoms with Crippen LogP contribution in [-0.4, -0.2) is 23.3 Å². The number of anilines is 1. The Labute approximate surface area is 172 Å². The third-order valence-corrected chi connectivity index (χ3v) is 5.37. The monoisotopic (exact) mass is 434 g/mol. The molecule has 3 aromatic carbocycles. The zero-order valence-corrected chi connectivity index (χ0v) is 16.9. The number of nitrogens with one attached hydrogen (secondary N) is 1. The van der Waals surface area contributed by atoms with E-state index in [1.54, 1.807) is 17.0 Å². The number of amides is 2. The van der Waals surface area contributed by atoms with Gasteiger partial charge in [-0.25, -0.2) is 0 Å². The number of fused-ring (bicyclic) bond motifs is 1. The van der Waals surface area contributed by atoms with Gasteiger partial charge >= 0.3 is 0 Å². The minimum absolute atomic E-state index is 0.0153. The number of halogens is 1. The summed E-state index contributed by atoms with van der Waals surface area (Å²) in [5, 5.41) is 2.94. The van der Waals surface area contributed by atoms with Gasteiger partial charge in [-0.3, -0.25) is 9.59 Å². The first-order valence-corrected chi connectivity index (χ1v) is 9.84. The standard InChI is InChI=1S/C23H19BrN2O2/c1-15-9-11-16(12-10-15)22-19-7-2-3-8-20(19)25-21(27)14-26(22)23(28)17-5-4-6-18(24)13-17/h2-13,22H,14H2,1H3,(H,25,27). The van der Waals surface area contributed by atoms with E-state index in [0.717, 1.165) is 26.9 Å². The fourth-order valence-corrected chi connectivity index (χ4v) is 3.94. The lowest BCUT2D eigenvalue weighted by Gasteiger charge is -2.30. The summed E-state index contributed by atoms with van der Waals surface area (Å²) in [4.78, 5) is 27.7. The summed E-state index contributed by atoms with van der Waals surface area (Å²) in [6.45, 7) is 2.01. The number of carbonyl (C=O) groups is 2. The first-order chi connectivity index (χ1) is 13.5. The molecular formula is C23H19BrN2O2. The molecule has 1 aliphatic heterocycles. The molecule has 5 heteroatoms. The Bertz CT molecular complexity index is 1050. The number of hydrogen-bond donors (Lipinski definition) is 1. The van der Waals surface area contributed by atoms with Crippen LogP contribution in [0.2, 0.25) is 0 Å². The maximum Gasteiger partial charge on any atom is 0.255 e. The van der Waals surface area contributed by atoms with Crippen LogP contribution in [0.4, 0.5) is 5.69 Å². The van der Waals surface area contributed by atoms with Crippen molar-refractivity contribution in [3.05, 3.63) is 99.5 Å². The molecule has 0 saturated carbocycles. The van der Waals surface area contributed by atoms with Crippen molar-refractivity contribution in [3.63, 3.8) is 0 Å². The molecule has 0 aromatic heterocycles. The first-order valence-electron chi connectivity index (χ1n) is 9.05. The van der Waals surface area contributed by atoms with Gasteiger partial charge in [-0.1, -0.05) is 70.0 Å². The molecule has 0 radical (unpaired) electrons. The molecule has 0 spiro atoms. The van der Waals surface area contributed by atoms with Gasteiger partial charge in [-0.2, -0.15) is 0 Å². The highest BCUT2D eigenvalue weighted by atomic mass is 79.9. The highest BCUT2D eigenvalue weighted by Gasteiger charge is 2.33. The average Bonchev–Trinajstić information content (AvgIpc) is 2.84. The van der Waals surface area contributed by atoms with Gasteiger partial charge in [-0.15, -0.1) is 0 Å². The minimum Gasteiger partial charge on any atom is -0.324 e. The molecular weight excluding hydrogens is 416 g/mol. The summed E-state index contributed by atoms with van der Waals surface area (Å²) >= 11 is 3.43. The zero-order chi connectivity index (χ0) is 19.7. The Morgan fingerprint density at radius 2 is 1.79 bits per heavy atom. The Kier molecular flexibility index (Phi) is 5.01. The summed E-state index contributed by atoms with van der Waals surface area (Å²) < 4.78 is 0.824. The predicted octanol–water partition coefficient (Wildman–Crippen LogP) is 4.94. The van der Waals surface area contributed by atoms with E-state index < -0.39 is 0 Å². The SMILES string of the molecule is Cc1ccc(C2c3ccccc3NC(=O)CN2C(=O)c2cccc(Br)c2)cc1. The van der Waals surface area contributed by atoms with Crippen LogP contribution in [0.5, 0.6) is 0 Å². The predicted molar refractivity (Wildman–Crippen MR) is 113 cm³/mol. The summed E-state index contributed by atoms with van der Waals surface area (Å²) in [7, 11) is 0. The second kappa shape index (κ2) is 7.60. The van der Waals surface area contributed by atoms with Crippen LogP contribution in [0.3, 0.4) is 0 Å². The summed E-state index contributed by atoms with van der Waals surface area (Å²) in [6.07, 6.45) is 0. The molecule has 28 heavy (non-hydrogen) atoms. The Morgan fingerprint density at radius 1 is 1.04 bits per heavy atom. The molecule has 0 saturated heterocycles. The molecule has 4 nitrogen and oxygen atoms in total. The topological polar surface area (TPSA) is 49.4 Å². The molecule has 4 rings (SSSR count). The molecule has 0 aliphatic carbocycles. The third-order valence-electron chi connectivity index (χ3n) is 4.88. The van der Waals surface area contributed by atoms with E-state index >= 15 is 0 Å². The molecule has 140 valence electrons. The van der Waals surface area contributed by atoms with E-state index in [9.17, 15) is 9.59 Å². The van der Waals surface area contributed by atoms with Crippen LogP contribution < -0.4 is 5.32 Å². The smallest absolute Gasteiger partial charge is 0.255 e. The first kappa shape index (κ1) is 18.4. The van der Waals surface area contributed by atoms with Crippen LogP contribution >= 0.6 is 15.9 Å². The van der Waals surface area contributed by atoms with Crippen LogP contribution in [0, 0.1) is 6.92 Å². The number of benzene rings is 3. The van der Waals surface area contributed by atoms with Gasteiger partial charge in [-0.05, 0) is 36.8 Å². The van der Waals surface area contributed by atoms with Crippen molar-refractivity contribution in [3.8, 4) is 0 Å². The van der Waals surface area contributed by atoms with Crippen molar-refractivity contribution in [1.29, 1.82) is 0 Å². The molecule has 1 atom stereocenters. The van der Waals surface area contributed by atoms with Crippen LogP contribution in [0.1, 0.15) is 33.1 Å². The van der Waals surface area contributed by atoms with Gasteiger partial charge in [0.05, 0.1) is 6.04 Å². The zero-order valence-electron chi connectivity index (χ0n) is 15.4. The van der Waals surface area contributed by atoms with E-state index in [2.05, 4.69) is 21.2 Å². The van der Waals surface area contributed by atoms with Crippen molar-refractivity contribution in [1.82, 2.24) is 4.90 Å². The van der Waals surface area contributed by atoms with E-state index in [4.69, 9.17) is 0 Å². The highest BCUT2D eigenvalue weighted by molar-refractivity contribution is 9.10. The van der Waals surface area contributed by atoms with E-state index in [0.29, 0.717) is 5.56 Å². The van der Waals surface area contributed by atoms with Gasteiger partial charge in [0.15, 0.2) is 0 Å². The maximum absolute atomic E-state index is 13.4. The Morgan fingerprint density at radius 3 is 2.54 bits per heavy atom. The molecule has 0 bridgehead atoms. The van der Waals surface area contributed by atoms with Crippen molar-refractivity contribution < 1.29 is 9.59 Å². The van der Waals surface area contributed by atoms with Gasteiger partial charge in [0, 0.05) is 21.3 Å². The van der Waals surface area contributed by atoms with Crippen molar-refractivity contribution in [2.24, 2.45) is 0 Å². The van der Waals surface area contributed by atoms with Crippen LogP contribution in [0.15, 0.2) is 77.3 Å². The second-order valence-electron chi connectivity index (χ2n) is 6.89. The Hall–Kier alpha value is -2.92. The summed E-state index contributed by atoms with van der Waals surface area (Å²) in [6, 6.07) is 22.6. The minimum atomic E-state index is -0.359. The number of hydrogen-bond acceptors (Lipinski definition) is 2. The number of para-hydroxylation sites is 1. The fraction of sp³-hybridized carbons (Fsp3) is 0.130. The Balaban J connectivity index is 1.87. The molecule has 1 heterocycles. The lowest BCUT2D eigenvalue weighted by atomic mass is 9.94. The lowest BCUT2D eigenvalue weighted by Crippen LogP contribution is -2.39.